The lowest BCUT2D eigenvalue weighted by Gasteiger charge is -2.02. The first-order valence-corrected chi connectivity index (χ1v) is 13.9. The van der Waals surface area contributed by atoms with Gasteiger partial charge >= 0.3 is 0 Å². The van der Waals surface area contributed by atoms with Crippen LogP contribution in [-0.4, -0.2) is 19.1 Å². The number of fused-ring (bicyclic) bond motifs is 2. The fourth-order valence-electron chi connectivity index (χ4n) is 3.34. The Morgan fingerprint density at radius 2 is 0.943 bits per heavy atom. The lowest BCUT2D eigenvalue weighted by Crippen LogP contribution is -1.99. The van der Waals surface area contributed by atoms with Crippen molar-refractivity contribution in [2.24, 2.45) is 0 Å². The van der Waals surface area contributed by atoms with Crippen LogP contribution in [-0.2, 0) is 19.5 Å². The van der Waals surface area contributed by atoms with Crippen molar-refractivity contribution < 1.29 is 0 Å². The molecule has 0 bridgehead atoms. The SMILES string of the molecule is CC.CC.CCC.CCC.CCc1nc2ccccc2n1CC.CCn1c(C)nc2ccccc21. The van der Waals surface area contributed by atoms with Crippen LogP contribution in [0.2, 0.25) is 0 Å². The van der Waals surface area contributed by atoms with Gasteiger partial charge in [0.2, 0.25) is 0 Å². The zero-order valence-electron chi connectivity index (χ0n) is 24.9. The number of rotatable bonds is 3. The highest BCUT2D eigenvalue weighted by Gasteiger charge is 2.05. The summed E-state index contributed by atoms with van der Waals surface area (Å²) in [4.78, 5) is 9.01. The lowest BCUT2D eigenvalue weighted by atomic mass is 10.3. The third kappa shape index (κ3) is 11.1. The molecule has 0 spiro atoms. The van der Waals surface area contributed by atoms with Crippen LogP contribution in [0.1, 0.15) is 101 Å². The highest BCUT2D eigenvalue weighted by molar-refractivity contribution is 5.76. The van der Waals surface area contributed by atoms with Gasteiger partial charge in [-0.15, -0.1) is 0 Å². The van der Waals surface area contributed by atoms with Crippen molar-refractivity contribution in [2.75, 3.05) is 0 Å². The fourth-order valence-corrected chi connectivity index (χ4v) is 3.34. The van der Waals surface area contributed by atoms with Crippen molar-refractivity contribution in [3.05, 3.63) is 60.2 Å². The molecule has 198 valence electrons. The Morgan fingerprint density at radius 3 is 1.34 bits per heavy atom. The van der Waals surface area contributed by atoms with E-state index in [4.69, 9.17) is 0 Å². The maximum Gasteiger partial charge on any atom is 0.109 e. The predicted molar refractivity (Wildman–Crippen MR) is 160 cm³/mol. The monoisotopic (exact) mass is 482 g/mol. The molecule has 0 aliphatic rings. The molecule has 4 heteroatoms. The quantitative estimate of drug-likeness (QED) is 0.291. The first-order valence-electron chi connectivity index (χ1n) is 13.9. The van der Waals surface area contributed by atoms with Crippen LogP contribution < -0.4 is 0 Å². The molecule has 0 saturated carbocycles. The minimum absolute atomic E-state index is 0.992. The lowest BCUT2D eigenvalue weighted by molar-refractivity contribution is 0.726. The molecule has 0 radical (unpaired) electrons. The molecule has 0 N–H and O–H groups in total. The molecule has 0 unspecified atom stereocenters. The average Bonchev–Trinajstić information content (AvgIpc) is 3.43. The Labute approximate surface area is 216 Å². The predicted octanol–water partition coefficient (Wildman–Crippen LogP) is 9.87. The molecule has 0 atom stereocenters. The molecular weight excluding hydrogens is 428 g/mol. The van der Waals surface area contributed by atoms with Gasteiger partial charge in [-0.1, -0.05) is 99.4 Å². The summed E-state index contributed by atoms with van der Waals surface area (Å²) in [6.07, 6.45) is 3.50. The number of aryl methyl sites for hydroxylation is 4. The smallest absolute Gasteiger partial charge is 0.109 e. The van der Waals surface area contributed by atoms with Gasteiger partial charge in [0.15, 0.2) is 0 Å². The van der Waals surface area contributed by atoms with Crippen molar-refractivity contribution in [3.63, 3.8) is 0 Å². The van der Waals surface area contributed by atoms with Crippen molar-refractivity contribution in [2.45, 2.75) is 115 Å². The van der Waals surface area contributed by atoms with Gasteiger partial charge in [0.05, 0.1) is 22.1 Å². The minimum atomic E-state index is 0.992. The zero-order valence-corrected chi connectivity index (χ0v) is 24.9. The molecule has 4 aromatic rings. The normalized spacial score (nSPS) is 9.14. The van der Waals surface area contributed by atoms with Crippen LogP contribution in [0, 0.1) is 6.92 Å². The number of hydrogen-bond donors (Lipinski definition) is 0. The van der Waals surface area contributed by atoms with E-state index < -0.39 is 0 Å². The molecule has 0 fully saturated rings. The highest BCUT2D eigenvalue weighted by Crippen LogP contribution is 2.16. The van der Waals surface area contributed by atoms with Gasteiger partial charge in [-0.2, -0.15) is 0 Å². The Hall–Kier alpha value is -2.62. The molecule has 2 aromatic carbocycles. The number of aromatic nitrogens is 4. The molecular formula is C31H54N4. The number of hydrogen-bond acceptors (Lipinski definition) is 2. The summed E-state index contributed by atoms with van der Waals surface area (Å²) in [6.45, 7) is 27.0. The summed E-state index contributed by atoms with van der Waals surface area (Å²) in [7, 11) is 0. The highest BCUT2D eigenvalue weighted by atomic mass is 15.1. The summed E-state index contributed by atoms with van der Waals surface area (Å²) in [6, 6.07) is 16.5. The first kappa shape index (κ1) is 34.5. The maximum absolute atomic E-state index is 4.56. The topological polar surface area (TPSA) is 35.6 Å². The molecule has 0 saturated heterocycles. The Balaban J connectivity index is 0. The standard InChI is InChI=1S/C11H14N2.C10H12N2.2C3H8.2C2H6/c1-3-11-12-9-7-5-6-8-10(9)13(11)4-2;1-3-12-8(2)11-9-6-4-5-7-10(9)12;2*1-3-2;2*1-2/h5-8H,3-4H2,1-2H3;4-7H,3H2,1-2H3;2*3H2,1-2H3;2*1-2H3. The van der Waals surface area contributed by atoms with Gasteiger partial charge in [0, 0.05) is 19.5 Å². The molecule has 4 nitrogen and oxygen atoms in total. The van der Waals surface area contributed by atoms with Gasteiger partial charge in [0.1, 0.15) is 11.6 Å². The van der Waals surface area contributed by atoms with Crippen molar-refractivity contribution in [1.82, 2.24) is 19.1 Å². The molecule has 2 heterocycles. The molecule has 0 aliphatic heterocycles. The van der Waals surface area contributed by atoms with E-state index in [0.717, 1.165) is 36.4 Å². The molecule has 0 amide bonds. The van der Waals surface area contributed by atoms with Crippen molar-refractivity contribution in [3.8, 4) is 0 Å². The summed E-state index contributed by atoms with van der Waals surface area (Å²) in [5.74, 6) is 2.28. The van der Waals surface area contributed by atoms with Gasteiger partial charge in [-0.3, -0.25) is 0 Å². The fraction of sp³-hybridized carbons (Fsp3) is 0.548. The molecule has 35 heavy (non-hydrogen) atoms. The molecule has 0 aliphatic carbocycles. The van der Waals surface area contributed by atoms with Crippen LogP contribution in [0.4, 0.5) is 0 Å². The van der Waals surface area contributed by atoms with E-state index in [9.17, 15) is 0 Å². The van der Waals surface area contributed by atoms with Gasteiger partial charge in [-0.05, 0) is 45.0 Å². The van der Waals surface area contributed by atoms with E-state index in [0.29, 0.717) is 0 Å². The average molecular weight is 483 g/mol. The van der Waals surface area contributed by atoms with E-state index in [1.807, 2.05) is 46.8 Å². The second-order valence-electron chi connectivity index (χ2n) is 7.42. The molecule has 4 rings (SSSR count). The first-order chi connectivity index (χ1) is 17.0. The van der Waals surface area contributed by atoms with E-state index in [-0.39, 0.29) is 0 Å². The number of imidazole rings is 2. The molecule has 2 aromatic heterocycles. The number of nitrogens with zero attached hydrogens (tertiary/aromatic N) is 4. The summed E-state index contributed by atoms with van der Waals surface area (Å²) >= 11 is 0. The zero-order chi connectivity index (χ0) is 27.2. The Morgan fingerprint density at radius 1 is 0.571 bits per heavy atom. The number of para-hydroxylation sites is 4. The van der Waals surface area contributed by atoms with Crippen LogP contribution in [0.3, 0.4) is 0 Å². The van der Waals surface area contributed by atoms with Gasteiger partial charge < -0.3 is 9.13 Å². The summed E-state index contributed by atoms with van der Waals surface area (Å²) in [5, 5.41) is 0. The van der Waals surface area contributed by atoms with Crippen molar-refractivity contribution >= 4 is 22.1 Å². The van der Waals surface area contributed by atoms with Crippen LogP contribution in [0.25, 0.3) is 22.1 Å². The summed E-state index contributed by atoms with van der Waals surface area (Å²) in [5.41, 5.74) is 4.69. The van der Waals surface area contributed by atoms with Gasteiger partial charge in [-0.25, -0.2) is 9.97 Å². The largest absolute Gasteiger partial charge is 0.329 e. The van der Waals surface area contributed by atoms with E-state index in [2.05, 4.69) is 104 Å². The van der Waals surface area contributed by atoms with E-state index in [1.54, 1.807) is 0 Å². The van der Waals surface area contributed by atoms with Crippen LogP contribution in [0.5, 0.6) is 0 Å². The van der Waals surface area contributed by atoms with Crippen LogP contribution >= 0.6 is 0 Å². The third-order valence-electron chi connectivity index (χ3n) is 4.53. The minimum Gasteiger partial charge on any atom is -0.329 e. The number of benzene rings is 2. The second-order valence-corrected chi connectivity index (χ2v) is 7.42. The maximum atomic E-state index is 4.56. The van der Waals surface area contributed by atoms with E-state index >= 15 is 0 Å². The van der Waals surface area contributed by atoms with Crippen molar-refractivity contribution in [1.29, 1.82) is 0 Å². The Kier molecular flexibility index (Phi) is 21.6. The Bertz CT molecular complexity index is 1010. The third-order valence-corrected chi connectivity index (χ3v) is 4.53. The summed E-state index contributed by atoms with van der Waals surface area (Å²) < 4.78 is 4.49. The van der Waals surface area contributed by atoms with E-state index in [1.165, 1.54) is 29.7 Å². The second kappa shape index (κ2) is 21.9. The van der Waals surface area contributed by atoms with Gasteiger partial charge in [0.25, 0.3) is 0 Å². The van der Waals surface area contributed by atoms with Crippen LogP contribution in [0.15, 0.2) is 48.5 Å².